The zero-order valence-electron chi connectivity index (χ0n) is 13.0. The van der Waals surface area contributed by atoms with Gasteiger partial charge in [-0.15, -0.1) is 11.3 Å². The van der Waals surface area contributed by atoms with Crippen LogP contribution < -0.4 is 5.32 Å². The van der Waals surface area contributed by atoms with Crippen LogP contribution in [0.4, 0.5) is 5.13 Å². The monoisotopic (exact) mass is 330 g/mol. The molecule has 0 spiro atoms. The van der Waals surface area contributed by atoms with Gasteiger partial charge in [0.05, 0.1) is 18.7 Å². The summed E-state index contributed by atoms with van der Waals surface area (Å²) in [6, 6.07) is 7.86. The number of rotatable bonds is 6. The van der Waals surface area contributed by atoms with Gasteiger partial charge < -0.3 is 4.74 Å². The molecule has 0 atom stereocenters. The Bertz CT molecular complexity index is 705. The fourth-order valence-corrected chi connectivity index (χ4v) is 2.52. The molecule has 1 amide bonds. The van der Waals surface area contributed by atoms with Gasteiger partial charge in [-0.2, -0.15) is 0 Å². The molecular formula is C17H18N2O3S. The molecule has 1 aromatic heterocycles. The van der Waals surface area contributed by atoms with Crippen LogP contribution in [0, 0.1) is 6.92 Å². The topological polar surface area (TPSA) is 68.3 Å². The van der Waals surface area contributed by atoms with E-state index in [1.165, 1.54) is 23.0 Å². The summed E-state index contributed by atoms with van der Waals surface area (Å²) in [4.78, 5) is 27.4. The lowest BCUT2D eigenvalue weighted by atomic mass is 10.1. The maximum Gasteiger partial charge on any atom is 0.311 e. The lowest BCUT2D eigenvalue weighted by Gasteiger charge is -1.98. The number of esters is 1. The molecule has 0 aliphatic carbocycles. The highest BCUT2D eigenvalue weighted by Crippen LogP contribution is 2.16. The smallest absolute Gasteiger partial charge is 0.311 e. The van der Waals surface area contributed by atoms with Crippen molar-refractivity contribution < 1.29 is 14.3 Å². The Morgan fingerprint density at radius 2 is 2.04 bits per heavy atom. The fourth-order valence-electron chi connectivity index (χ4n) is 1.80. The zero-order valence-corrected chi connectivity index (χ0v) is 13.9. The minimum Gasteiger partial charge on any atom is -0.466 e. The van der Waals surface area contributed by atoms with E-state index in [1.807, 2.05) is 31.2 Å². The first kappa shape index (κ1) is 16.9. The second-order valence-corrected chi connectivity index (χ2v) is 5.72. The number of carbonyl (C=O) groups excluding carboxylic acids is 2. The lowest BCUT2D eigenvalue weighted by Crippen LogP contribution is -2.09. The number of anilines is 1. The van der Waals surface area contributed by atoms with Crippen molar-refractivity contribution in [3.63, 3.8) is 0 Å². The summed E-state index contributed by atoms with van der Waals surface area (Å²) in [5.74, 6) is -0.586. The van der Waals surface area contributed by atoms with E-state index in [0.717, 1.165) is 5.56 Å². The van der Waals surface area contributed by atoms with Gasteiger partial charge >= 0.3 is 5.97 Å². The Morgan fingerprint density at radius 1 is 1.30 bits per heavy atom. The van der Waals surface area contributed by atoms with Crippen molar-refractivity contribution in [3.05, 3.63) is 52.5 Å². The molecule has 120 valence electrons. The van der Waals surface area contributed by atoms with E-state index >= 15 is 0 Å². The van der Waals surface area contributed by atoms with Crippen LogP contribution in [0.25, 0.3) is 6.08 Å². The number of ether oxygens (including phenoxy) is 1. The van der Waals surface area contributed by atoms with Crippen LogP contribution in [0.2, 0.25) is 0 Å². The van der Waals surface area contributed by atoms with Crippen molar-refractivity contribution in [1.82, 2.24) is 4.98 Å². The summed E-state index contributed by atoms with van der Waals surface area (Å²) < 4.78 is 4.86. The molecule has 0 saturated heterocycles. The quantitative estimate of drug-likeness (QED) is 0.652. The van der Waals surface area contributed by atoms with Crippen LogP contribution in [-0.4, -0.2) is 23.5 Å². The molecule has 0 fully saturated rings. The highest BCUT2D eigenvalue weighted by atomic mass is 32.1. The molecule has 1 heterocycles. The summed E-state index contributed by atoms with van der Waals surface area (Å²) in [5.41, 5.74) is 2.71. The normalized spacial score (nSPS) is 10.7. The number of aromatic nitrogens is 1. The molecule has 0 bridgehead atoms. The number of nitrogens with zero attached hydrogens (tertiary/aromatic N) is 1. The van der Waals surface area contributed by atoms with Crippen LogP contribution in [0.3, 0.4) is 0 Å². The molecule has 23 heavy (non-hydrogen) atoms. The van der Waals surface area contributed by atoms with E-state index in [2.05, 4.69) is 10.3 Å². The Morgan fingerprint density at radius 3 is 2.74 bits per heavy atom. The second kappa shape index (κ2) is 8.24. The predicted octanol–water partition coefficient (Wildman–Crippen LogP) is 3.21. The molecule has 2 rings (SSSR count). The van der Waals surface area contributed by atoms with Gasteiger partial charge in [-0.1, -0.05) is 29.8 Å². The Kier molecular flexibility index (Phi) is 6.05. The highest BCUT2D eigenvalue weighted by molar-refractivity contribution is 7.14. The standard InChI is InChI=1S/C17H18N2O3S/c1-3-22-16(21)10-14-11-23-17(18-14)19-15(20)9-8-13-6-4-12(2)5-7-13/h4-9,11H,3,10H2,1-2H3,(H,18,19,20)/b9-8+. The van der Waals surface area contributed by atoms with E-state index in [1.54, 1.807) is 18.4 Å². The van der Waals surface area contributed by atoms with E-state index in [0.29, 0.717) is 17.4 Å². The molecule has 0 unspecified atom stereocenters. The van der Waals surface area contributed by atoms with Crippen molar-refractivity contribution in [2.45, 2.75) is 20.3 Å². The van der Waals surface area contributed by atoms with Crippen molar-refractivity contribution in [2.75, 3.05) is 11.9 Å². The van der Waals surface area contributed by atoms with E-state index in [4.69, 9.17) is 4.74 Å². The minimum absolute atomic E-state index is 0.111. The van der Waals surface area contributed by atoms with Gasteiger partial charge in [-0.3, -0.25) is 14.9 Å². The average Bonchev–Trinajstić information content (AvgIpc) is 2.94. The lowest BCUT2D eigenvalue weighted by molar-refractivity contribution is -0.142. The number of amides is 1. The maximum atomic E-state index is 11.9. The SMILES string of the molecule is CCOC(=O)Cc1csc(NC(=O)/C=C/c2ccc(C)cc2)n1. The Labute approximate surface area is 139 Å². The maximum absolute atomic E-state index is 11.9. The zero-order chi connectivity index (χ0) is 16.7. The molecule has 1 aromatic carbocycles. The van der Waals surface area contributed by atoms with Gasteiger partial charge in [0.15, 0.2) is 5.13 Å². The van der Waals surface area contributed by atoms with Crippen molar-refractivity contribution in [2.24, 2.45) is 0 Å². The van der Waals surface area contributed by atoms with Crippen LogP contribution in [-0.2, 0) is 20.7 Å². The average molecular weight is 330 g/mol. The van der Waals surface area contributed by atoms with Crippen molar-refractivity contribution in [1.29, 1.82) is 0 Å². The molecule has 5 nitrogen and oxygen atoms in total. The fraction of sp³-hybridized carbons (Fsp3) is 0.235. The first-order valence-corrected chi connectivity index (χ1v) is 8.10. The highest BCUT2D eigenvalue weighted by Gasteiger charge is 2.09. The predicted molar refractivity (Wildman–Crippen MR) is 91.3 cm³/mol. The van der Waals surface area contributed by atoms with Gasteiger partial charge in [-0.25, -0.2) is 4.98 Å². The van der Waals surface area contributed by atoms with Crippen LogP contribution >= 0.6 is 11.3 Å². The van der Waals surface area contributed by atoms with Gasteiger partial charge in [-0.05, 0) is 25.5 Å². The minimum atomic E-state index is -0.324. The molecule has 0 saturated carbocycles. The van der Waals surface area contributed by atoms with Gasteiger partial charge in [0.1, 0.15) is 0 Å². The Balaban J connectivity index is 1.89. The largest absolute Gasteiger partial charge is 0.466 e. The molecular weight excluding hydrogens is 312 g/mol. The van der Waals surface area contributed by atoms with E-state index in [9.17, 15) is 9.59 Å². The number of nitrogens with one attached hydrogen (secondary N) is 1. The van der Waals surface area contributed by atoms with Crippen molar-refractivity contribution >= 4 is 34.4 Å². The number of thiazole rings is 1. The Hall–Kier alpha value is -2.47. The molecule has 2 aromatic rings. The third kappa shape index (κ3) is 5.67. The van der Waals surface area contributed by atoms with Gasteiger partial charge in [0.2, 0.25) is 5.91 Å². The number of hydrogen-bond donors (Lipinski definition) is 1. The van der Waals surface area contributed by atoms with E-state index in [-0.39, 0.29) is 18.3 Å². The summed E-state index contributed by atoms with van der Waals surface area (Å²) >= 11 is 1.28. The summed E-state index contributed by atoms with van der Waals surface area (Å²) in [5, 5.41) is 4.87. The second-order valence-electron chi connectivity index (χ2n) is 4.86. The van der Waals surface area contributed by atoms with Crippen LogP contribution in [0.5, 0.6) is 0 Å². The van der Waals surface area contributed by atoms with Gasteiger partial charge in [0, 0.05) is 11.5 Å². The first-order valence-electron chi connectivity index (χ1n) is 7.22. The summed E-state index contributed by atoms with van der Waals surface area (Å²) in [7, 11) is 0. The number of carbonyl (C=O) groups is 2. The summed E-state index contributed by atoms with van der Waals surface area (Å²) in [6.45, 7) is 4.11. The molecule has 6 heteroatoms. The van der Waals surface area contributed by atoms with Crippen molar-refractivity contribution in [3.8, 4) is 0 Å². The molecule has 0 aliphatic rings. The molecule has 0 radical (unpaired) electrons. The number of benzene rings is 1. The van der Waals surface area contributed by atoms with Crippen LogP contribution in [0.1, 0.15) is 23.7 Å². The summed E-state index contributed by atoms with van der Waals surface area (Å²) in [6.07, 6.45) is 3.30. The molecule has 0 aliphatic heterocycles. The molecule has 1 N–H and O–H groups in total. The van der Waals surface area contributed by atoms with Crippen LogP contribution in [0.15, 0.2) is 35.7 Å². The van der Waals surface area contributed by atoms with E-state index < -0.39 is 0 Å². The van der Waals surface area contributed by atoms with Gasteiger partial charge in [0.25, 0.3) is 0 Å². The number of hydrogen-bond acceptors (Lipinski definition) is 5. The first-order chi connectivity index (χ1) is 11.1. The third-order valence-corrected chi connectivity index (χ3v) is 3.72. The number of aryl methyl sites for hydroxylation is 1. The third-order valence-electron chi connectivity index (χ3n) is 2.92.